The van der Waals surface area contributed by atoms with Crippen LogP contribution in [-0.4, -0.2) is 20.3 Å². The van der Waals surface area contributed by atoms with Crippen molar-refractivity contribution in [1.82, 2.24) is 4.72 Å². The van der Waals surface area contributed by atoms with Gasteiger partial charge in [0.2, 0.25) is 10.0 Å². The lowest BCUT2D eigenvalue weighted by Gasteiger charge is -2.03. The van der Waals surface area contributed by atoms with E-state index in [4.69, 9.17) is 5.11 Å². The van der Waals surface area contributed by atoms with Gasteiger partial charge < -0.3 is 5.11 Å². The van der Waals surface area contributed by atoms with Crippen molar-refractivity contribution < 1.29 is 13.5 Å². The first-order valence-corrected chi connectivity index (χ1v) is 5.22. The highest BCUT2D eigenvalue weighted by Crippen LogP contribution is 2.08. The molecule has 0 saturated carbocycles. The van der Waals surface area contributed by atoms with Crippen LogP contribution >= 0.6 is 0 Å². The number of hydrogen-bond donors (Lipinski definition) is 2. The molecule has 0 bridgehead atoms. The smallest absolute Gasteiger partial charge is 0.242 e. The molecule has 2 N–H and O–H groups in total. The van der Waals surface area contributed by atoms with E-state index < -0.39 is 16.8 Å². The quantitative estimate of drug-likeness (QED) is 0.738. The molecular weight excluding hydrogens is 202 g/mol. The molecular formula is C9H15NO3S. The molecule has 0 unspecified atom stereocenters. The fourth-order valence-electron chi connectivity index (χ4n) is 0.886. The van der Waals surface area contributed by atoms with Crippen molar-refractivity contribution in [2.45, 2.75) is 19.2 Å². The van der Waals surface area contributed by atoms with Crippen LogP contribution < -0.4 is 4.72 Å². The van der Waals surface area contributed by atoms with Gasteiger partial charge in [0.25, 0.3) is 0 Å². The summed E-state index contributed by atoms with van der Waals surface area (Å²) in [6.07, 6.45) is 0. The summed E-state index contributed by atoms with van der Waals surface area (Å²) in [5.74, 6) is 0. The van der Waals surface area contributed by atoms with Gasteiger partial charge in [-0.1, -0.05) is 25.1 Å². The molecule has 1 aromatic rings. The first-order chi connectivity index (χ1) is 6.06. The molecule has 1 rings (SSSR count). The van der Waals surface area contributed by atoms with Gasteiger partial charge in [0.05, 0.1) is 4.90 Å². The summed E-state index contributed by atoms with van der Waals surface area (Å²) in [5.41, 5.74) is 0.989. The van der Waals surface area contributed by atoms with E-state index >= 15 is 0 Å². The number of aliphatic hydroxyl groups excluding tert-OH is 1. The number of hydrogen-bond acceptors (Lipinski definition) is 3. The van der Waals surface area contributed by atoms with Gasteiger partial charge >= 0.3 is 0 Å². The van der Waals surface area contributed by atoms with Crippen molar-refractivity contribution in [2.75, 3.05) is 6.73 Å². The second-order valence-corrected chi connectivity index (χ2v) is 4.39. The summed E-state index contributed by atoms with van der Waals surface area (Å²) in [5, 5.41) is 8.43. The zero-order valence-corrected chi connectivity index (χ0v) is 8.00. The number of benzene rings is 1. The molecule has 0 saturated heterocycles. The predicted molar refractivity (Wildman–Crippen MR) is 55.3 cm³/mol. The highest BCUT2D eigenvalue weighted by Gasteiger charge is 2.11. The highest BCUT2D eigenvalue weighted by atomic mass is 32.2. The van der Waals surface area contributed by atoms with Gasteiger partial charge in [-0.3, -0.25) is 0 Å². The van der Waals surface area contributed by atoms with Gasteiger partial charge in [-0.2, -0.15) is 4.72 Å². The zero-order valence-electron chi connectivity index (χ0n) is 7.19. The van der Waals surface area contributed by atoms with Gasteiger partial charge in [0.1, 0.15) is 6.73 Å². The normalized spacial score (nSPS) is 10.7. The second kappa shape index (κ2) is 5.09. The van der Waals surface area contributed by atoms with Crippen LogP contribution in [0.2, 0.25) is 0 Å². The summed E-state index contributed by atoms with van der Waals surface area (Å²) < 4.78 is 24.5. The molecule has 0 aliphatic carbocycles. The van der Waals surface area contributed by atoms with Crippen molar-refractivity contribution in [3.63, 3.8) is 0 Å². The lowest BCUT2D eigenvalue weighted by Crippen LogP contribution is -2.24. The maximum Gasteiger partial charge on any atom is 0.242 e. The van der Waals surface area contributed by atoms with Gasteiger partial charge in [-0.25, -0.2) is 8.42 Å². The van der Waals surface area contributed by atoms with Crippen LogP contribution in [-0.2, 0) is 10.0 Å². The molecule has 0 aromatic heterocycles. The Morgan fingerprint density at radius 3 is 2.21 bits per heavy atom. The molecule has 0 spiro atoms. The number of sulfonamides is 1. The average molecular weight is 217 g/mol. The molecule has 0 amide bonds. The Morgan fingerprint density at radius 1 is 1.29 bits per heavy atom. The fourth-order valence-corrected chi connectivity index (χ4v) is 1.72. The summed E-state index contributed by atoms with van der Waals surface area (Å²) in [6, 6.07) is 6.39. The van der Waals surface area contributed by atoms with Crippen LogP contribution in [0.4, 0.5) is 0 Å². The SMILES string of the molecule is C.Cc1ccc(S(=O)(=O)NCO)cc1. The Labute approximate surface area is 84.6 Å². The molecule has 0 heterocycles. The van der Waals surface area contributed by atoms with Crippen LogP contribution in [0, 0.1) is 6.92 Å². The van der Waals surface area contributed by atoms with Crippen LogP contribution in [0.1, 0.15) is 13.0 Å². The molecule has 4 nitrogen and oxygen atoms in total. The van der Waals surface area contributed by atoms with Crippen molar-refractivity contribution in [3.05, 3.63) is 29.8 Å². The standard InChI is InChI=1S/C8H11NO3S.CH4/c1-7-2-4-8(5-3-7)13(11,12)9-6-10;/h2-5,9-10H,6H2,1H3;1H4. The van der Waals surface area contributed by atoms with E-state index in [9.17, 15) is 8.42 Å². The van der Waals surface area contributed by atoms with E-state index in [0.717, 1.165) is 5.56 Å². The molecule has 0 fully saturated rings. The van der Waals surface area contributed by atoms with E-state index in [1.54, 1.807) is 12.1 Å². The number of aliphatic hydroxyl groups is 1. The van der Waals surface area contributed by atoms with E-state index in [0.29, 0.717) is 0 Å². The van der Waals surface area contributed by atoms with Crippen molar-refractivity contribution >= 4 is 10.0 Å². The molecule has 0 aliphatic heterocycles. The van der Waals surface area contributed by atoms with E-state index in [1.165, 1.54) is 12.1 Å². The Hall–Kier alpha value is -0.910. The second-order valence-electron chi connectivity index (χ2n) is 2.62. The third kappa shape index (κ3) is 3.10. The largest absolute Gasteiger partial charge is 0.380 e. The van der Waals surface area contributed by atoms with E-state index in [1.807, 2.05) is 11.6 Å². The molecule has 0 aliphatic rings. The van der Waals surface area contributed by atoms with Crippen molar-refractivity contribution in [3.8, 4) is 0 Å². The minimum atomic E-state index is -3.53. The van der Waals surface area contributed by atoms with Crippen LogP contribution in [0.5, 0.6) is 0 Å². The van der Waals surface area contributed by atoms with Gasteiger partial charge in [0.15, 0.2) is 0 Å². The Morgan fingerprint density at radius 2 is 1.79 bits per heavy atom. The van der Waals surface area contributed by atoms with E-state index in [2.05, 4.69) is 0 Å². The molecule has 14 heavy (non-hydrogen) atoms. The predicted octanol–water partition coefficient (Wildman–Crippen LogP) is 0.859. The Bertz CT molecular complexity index is 370. The number of nitrogens with one attached hydrogen (secondary N) is 1. The minimum Gasteiger partial charge on any atom is -0.380 e. The number of rotatable bonds is 3. The van der Waals surface area contributed by atoms with Crippen LogP contribution in [0.3, 0.4) is 0 Å². The Balaban J connectivity index is 0.00000169. The topological polar surface area (TPSA) is 66.4 Å². The summed E-state index contributed by atoms with van der Waals surface area (Å²) >= 11 is 0. The van der Waals surface area contributed by atoms with Gasteiger partial charge in [0, 0.05) is 0 Å². The summed E-state index contributed by atoms with van der Waals surface area (Å²) in [6.45, 7) is 1.28. The highest BCUT2D eigenvalue weighted by molar-refractivity contribution is 7.89. The molecule has 80 valence electrons. The lowest BCUT2D eigenvalue weighted by molar-refractivity contribution is 0.288. The maximum atomic E-state index is 11.3. The maximum absolute atomic E-state index is 11.3. The number of aryl methyl sites for hydroxylation is 1. The van der Waals surface area contributed by atoms with Crippen LogP contribution in [0.15, 0.2) is 29.2 Å². The average Bonchev–Trinajstić information content (AvgIpc) is 2.05. The first kappa shape index (κ1) is 13.1. The summed E-state index contributed by atoms with van der Waals surface area (Å²) in [7, 11) is -3.53. The van der Waals surface area contributed by atoms with Gasteiger partial charge in [-0.05, 0) is 19.1 Å². The third-order valence-electron chi connectivity index (χ3n) is 1.59. The monoisotopic (exact) mass is 217 g/mol. The summed E-state index contributed by atoms with van der Waals surface area (Å²) in [4.78, 5) is 0.159. The van der Waals surface area contributed by atoms with Gasteiger partial charge in [-0.15, -0.1) is 0 Å². The fraction of sp³-hybridized carbons (Fsp3) is 0.333. The first-order valence-electron chi connectivity index (χ1n) is 3.73. The Kier molecular flexibility index (Phi) is 4.76. The van der Waals surface area contributed by atoms with Crippen LogP contribution in [0.25, 0.3) is 0 Å². The van der Waals surface area contributed by atoms with Crippen molar-refractivity contribution in [1.29, 1.82) is 0 Å². The molecule has 5 heteroatoms. The van der Waals surface area contributed by atoms with E-state index in [-0.39, 0.29) is 12.3 Å². The van der Waals surface area contributed by atoms with Crippen molar-refractivity contribution in [2.24, 2.45) is 0 Å². The molecule has 0 atom stereocenters. The molecule has 0 radical (unpaired) electrons. The zero-order chi connectivity index (χ0) is 9.90. The lowest BCUT2D eigenvalue weighted by atomic mass is 10.2. The minimum absolute atomic E-state index is 0. The third-order valence-corrected chi connectivity index (χ3v) is 2.99. The molecule has 1 aromatic carbocycles.